The Hall–Kier alpha value is -1.57. The maximum absolute atomic E-state index is 12.7. The van der Waals surface area contributed by atoms with E-state index < -0.39 is 17.5 Å². The van der Waals surface area contributed by atoms with Gasteiger partial charge >= 0.3 is 6.18 Å². The van der Waals surface area contributed by atoms with Gasteiger partial charge in [0, 0.05) is 6.54 Å². The van der Waals surface area contributed by atoms with Gasteiger partial charge in [-0.2, -0.15) is 18.3 Å². The number of hydrogen-bond acceptors (Lipinski definition) is 4. The smallest absolute Gasteiger partial charge is 0.413 e. The van der Waals surface area contributed by atoms with Crippen molar-refractivity contribution in [1.82, 2.24) is 9.78 Å². The van der Waals surface area contributed by atoms with Crippen LogP contribution in [0, 0.1) is 0 Å². The van der Waals surface area contributed by atoms with Gasteiger partial charge in [0.2, 0.25) is 5.78 Å². The average molecular weight is 265 g/mol. The number of ketones is 1. The molecule has 102 valence electrons. The summed E-state index contributed by atoms with van der Waals surface area (Å²) in [6.45, 7) is 2.50. The lowest BCUT2D eigenvalue weighted by Gasteiger charge is -2.26. The second-order valence-corrected chi connectivity index (χ2v) is 3.91. The van der Waals surface area contributed by atoms with Gasteiger partial charge in [0.25, 0.3) is 0 Å². The Kier molecular flexibility index (Phi) is 3.70. The lowest BCUT2D eigenvalue weighted by atomic mass is 9.94. The lowest BCUT2D eigenvalue weighted by molar-refractivity contribution is -0.166. The Balaban J connectivity index is 3.30. The molecule has 2 N–H and O–H groups in total. The van der Waals surface area contributed by atoms with Gasteiger partial charge in [0.1, 0.15) is 5.69 Å². The first-order valence-corrected chi connectivity index (χ1v) is 5.17. The van der Waals surface area contributed by atoms with Crippen LogP contribution in [0.2, 0.25) is 0 Å². The highest BCUT2D eigenvalue weighted by molar-refractivity contribution is 6.04. The van der Waals surface area contributed by atoms with Crippen LogP contribution in [-0.4, -0.2) is 34.4 Å². The molecule has 0 spiro atoms. The van der Waals surface area contributed by atoms with E-state index in [2.05, 4.69) is 5.10 Å². The monoisotopic (exact) mass is 265 g/mol. The third kappa shape index (κ3) is 2.20. The number of aryl methyl sites for hydroxylation is 1. The zero-order valence-electron chi connectivity index (χ0n) is 10.2. The number of carbonyl (C=O) groups is 1. The first-order valence-electron chi connectivity index (χ1n) is 5.17. The number of nitrogens with two attached hydrogens (primary N) is 1. The summed E-state index contributed by atoms with van der Waals surface area (Å²) >= 11 is 0. The highest BCUT2D eigenvalue weighted by Gasteiger charge is 2.55. The van der Waals surface area contributed by atoms with E-state index in [9.17, 15) is 18.0 Å². The van der Waals surface area contributed by atoms with Crippen molar-refractivity contribution in [3.8, 4) is 5.75 Å². The van der Waals surface area contributed by atoms with Crippen LogP contribution < -0.4 is 10.5 Å². The summed E-state index contributed by atoms with van der Waals surface area (Å²) in [5.41, 5.74) is 1.85. The molecule has 1 aromatic rings. The number of nitrogens with zero attached hydrogens (tertiary/aromatic N) is 2. The van der Waals surface area contributed by atoms with Gasteiger partial charge in [0.15, 0.2) is 11.3 Å². The molecule has 0 aliphatic carbocycles. The normalized spacial score (nSPS) is 15.3. The fourth-order valence-corrected chi connectivity index (χ4v) is 1.36. The second kappa shape index (κ2) is 4.60. The summed E-state index contributed by atoms with van der Waals surface area (Å²) in [5, 5.41) is 3.77. The van der Waals surface area contributed by atoms with E-state index in [1.54, 1.807) is 6.92 Å². The van der Waals surface area contributed by atoms with Crippen molar-refractivity contribution in [3.05, 3.63) is 11.9 Å². The van der Waals surface area contributed by atoms with Crippen LogP contribution in [0.25, 0.3) is 0 Å². The zero-order chi connectivity index (χ0) is 14.1. The molecule has 0 aliphatic rings. The van der Waals surface area contributed by atoms with Gasteiger partial charge in [-0.05, 0) is 13.8 Å². The van der Waals surface area contributed by atoms with E-state index in [-0.39, 0.29) is 18.0 Å². The van der Waals surface area contributed by atoms with Gasteiger partial charge in [-0.15, -0.1) is 0 Å². The fourth-order valence-electron chi connectivity index (χ4n) is 1.36. The molecule has 0 radical (unpaired) electrons. The fraction of sp³-hybridized carbons (Fsp3) is 0.600. The topological polar surface area (TPSA) is 70.1 Å². The molecule has 8 heteroatoms. The quantitative estimate of drug-likeness (QED) is 0.835. The van der Waals surface area contributed by atoms with E-state index in [0.29, 0.717) is 6.92 Å². The van der Waals surface area contributed by atoms with E-state index in [1.165, 1.54) is 13.3 Å². The minimum atomic E-state index is -4.85. The minimum Gasteiger partial charge on any atom is -0.493 e. The Morgan fingerprint density at radius 2 is 2.11 bits per heavy atom. The SMILES string of the molecule is CCn1ncc(OC)c1C(=O)C(C)(N)C(F)(F)F. The van der Waals surface area contributed by atoms with Crippen LogP contribution in [0.1, 0.15) is 24.3 Å². The predicted octanol–water partition coefficient (Wildman–Crippen LogP) is 1.37. The summed E-state index contributed by atoms with van der Waals surface area (Å²) in [6, 6.07) is 0. The summed E-state index contributed by atoms with van der Waals surface area (Å²) < 4.78 is 44.1. The first-order chi connectivity index (χ1) is 8.16. The molecular weight excluding hydrogens is 251 g/mol. The molecule has 18 heavy (non-hydrogen) atoms. The largest absolute Gasteiger partial charge is 0.493 e. The van der Waals surface area contributed by atoms with Crippen LogP contribution in [0.4, 0.5) is 13.2 Å². The number of carbonyl (C=O) groups excluding carboxylic acids is 1. The lowest BCUT2D eigenvalue weighted by Crippen LogP contribution is -2.57. The van der Waals surface area contributed by atoms with Crippen LogP contribution >= 0.6 is 0 Å². The Morgan fingerprint density at radius 3 is 2.50 bits per heavy atom. The molecule has 0 aliphatic heterocycles. The van der Waals surface area contributed by atoms with Gasteiger partial charge in [-0.25, -0.2) is 0 Å². The van der Waals surface area contributed by atoms with Crippen LogP contribution in [0.15, 0.2) is 6.20 Å². The van der Waals surface area contributed by atoms with E-state index in [1.807, 2.05) is 0 Å². The number of aromatic nitrogens is 2. The molecule has 0 saturated carbocycles. The van der Waals surface area contributed by atoms with Crippen LogP contribution in [-0.2, 0) is 6.54 Å². The maximum atomic E-state index is 12.7. The molecule has 0 saturated heterocycles. The summed E-state index contributed by atoms with van der Waals surface area (Å²) in [5.74, 6) is -1.30. The number of ether oxygens (including phenoxy) is 1. The van der Waals surface area contributed by atoms with E-state index in [0.717, 1.165) is 4.68 Å². The van der Waals surface area contributed by atoms with Crippen molar-refractivity contribution in [3.63, 3.8) is 0 Å². The molecule has 0 fully saturated rings. The predicted molar refractivity (Wildman–Crippen MR) is 57.4 cm³/mol. The van der Waals surface area contributed by atoms with Crippen molar-refractivity contribution < 1.29 is 22.7 Å². The van der Waals surface area contributed by atoms with Crippen molar-refractivity contribution in [1.29, 1.82) is 0 Å². The van der Waals surface area contributed by atoms with E-state index in [4.69, 9.17) is 10.5 Å². The third-order valence-corrected chi connectivity index (χ3v) is 2.60. The number of rotatable bonds is 4. The van der Waals surface area contributed by atoms with Crippen LogP contribution in [0.5, 0.6) is 5.75 Å². The van der Waals surface area contributed by atoms with Crippen molar-refractivity contribution in [2.45, 2.75) is 32.1 Å². The number of hydrogen-bond donors (Lipinski definition) is 1. The summed E-state index contributed by atoms with van der Waals surface area (Å²) in [7, 11) is 1.25. The number of methoxy groups -OCH3 is 1. The average Bonchev–Trinajstić information content (AvgIpc) is 2.68. The van der Waals surface area contributed by atoms with Gasteiger partial charge in [0.05, 0.1) is 13.3 Å². The van der Waals surface area contributed by atoms with Gasteiger partial charge in [-0.3, -0.25) is 9.48 Å². The highest BCUT2D eigenvalue weighted by Crippen LogP contribution is 2.33. The van der Waals surface area contributed by atoms with Crippen molar-refractivity contribution in [2.75, 3.05) is 7.11 Å². The molecule has 1 heterocycles. The minimum absolute atomic E-state index is 0.0252. The Morgan fingerprint density at radius 1 is 1.56 bits per heavy atom. The van der Waals surface area contributed by atoms with Gasteiger partial charge < -0.3 is 10.5 Å². The van der Waals surface area contributed by atoms with Crippen molar-refractivity contribution in [2.24, 2.45) is 5.73 Å². The molecule has 1 atom stereocenters. The summed E-state index contributed by atoms with van der Waals surface area (Å²) in [4.78, 5) is 11.9. The number of halogens is 3. The molecular formula is C10H14F3N3O2. The van der Waals surface area contributed by atoms with Gasteiger partial charge in [-0.1, -0.05) is 0 Å². The Labute approximate surface area is 102 Å². The standard InChI is InChI=1S/C10H14F3N3O2/c1-4-16-7(6(18-3)5-15-16)8(17)9(2,14)10(11,12)13/h5H,4,14H2,1-3H3. The molecule has 1 unspecified atom stereocenters. The molecule has 1 rings (SSSR count). The van der Waals surface area contributed by atoms with Crippen molar-refractivity contribution >= 4 is 5.78 Å². The molecule has 5 nitrogen and oxygen atoms in total. The molecule has 0 amide bonds. The molecule has 0 aromatic carbocycles. The highest BCUT2D eigenvalue weighted by atomic mass is 19.4. The summed E-state index contributed by atoms with van der Waals surface area (Å²) in [6.07, 6.45) is -3.67. The van der Waals surface area contributed by atoms with E-state index >= 15 is 0 Å². The molecule has 1 aromatic heterocycles. The first kappa shape index (κ1) is 14.5. The third-order valence-electron chi connectivity index (χ3n) is 2.60. The van der Waals surface area contributed by atoms with Crippen LogP contribution in [0.3, 0.4) is 0 Å². The zero-order valence-corrected chi connectivity index (χ0v) is 10.2. The number of alkyl halides is 3. The second-order valence-electron chi connectivity index (χ2n) is 3.91. The maximum Gasteiger partial charge on any atom is 0.413 e. The Bertz CT molecular complexity index is 430. The number of Topliss-reactive ketones (excluding diaryl/α,β-unsaturated/α-hetero) is 1. The molecule has 0 bridgehead atoms.